The van der Waals surface area contributed by atoms with E-state index >= 15 is 0 Å². The maximum absolute atomic E-state index is 13.6. The van der Waals surface area contributed by atoms with Gasteiger partial charge in [-0.15, -0.1) is 0 Å². The van der Waals surface area contributed by atoms with E-state index in [-0.39, 0.29) is 23.2 Å². The predicted octanol–water partition coefficient (Wildman–Crippen LogP) is 7.33. The molecule has 0 radical (unpaired) electrons. The lowest BCUT2D eigenvalue weighted by molar-refractivity contribution is -0.137. The maximum atomic E-state index is 13.6. The summed E-state index contributed by atoms with van der Waals surface area (Å²) in [5.74, 6) is 2.69. The first-order valence-electron chi connectivity index (χ1n) is 13.4. The summed E-state index contributed by atoms with van der Waals surface area (Å²) >= 11 is 0. The summed E-state index contributed by atoms with van der Waals surface area (Å²) in [6, 6.07) is 10.2. The van der Waals surface area contributed by atoms with Crippen LogP contribution in [-0.2, 0) is 6.18 Å². The molecule has 37 heavy (non-hydrogen) atoms. The lowest BCUT2D eigenvalue weighted by Crippen LogP contribution is -2.61. The average molecular weight is 510 g/mol. The Labute approximate surface area is 213 Å². The number of amides is 2. The molecule has 194 valence electrons. The second-order valence-corrected chi connectivity index (χ2v) is 11.8. The quantitative estimate of drug-likeness (QED) is 0.402. The SMILES string of the molecule is O=C(NC12CC3CC(CC(C3)C1)C2)N1CCC[C@@H]1c1nc2cc(-c3ccccc3C(F)(F)F)ccc2o1. The van der Waals surface area contributed by atoms with Crippen molar-refractivity contribution in [1.82, 2.24) is 15.2 Å². The number of nitrogens with one attached hydrogen (secondary N) is 1. The first-order valence-corrected chi connectivity index (χ1v) is 13.4. The number of benzene rings is 2. The maximum Gasteiger partial charge on any atom is 0.417 e. The second-order valence-electron chi connectivity index (χ2n) is 11.8. The molecule has 1 N–H and O–H groups in total. The summed E-state index contributed by atoms with van der Waals surface area (Å²) in [7, 11) is 0. The third kappa shape index (κ3) is 3.99. The number of alkyl halides is 3. The van der Waals surface area contributed by atoms with Gasteiger partial charge in [-0.2, -0.15) is 13.2 Å². The van der Waals surface area contributed by atoms with Gasteiger partial charge in [0.15, 0.2) is 5.58 Å². The molecule has 0 spiro atoms. The number of likely N-dealkylation sites (tertiary alicyclic amines) is 1. The minimum atomic E-state index is -4.45. The number of halogens is 3. The summed E-state index contributed by atoms with van der Waals surface area (Å²) < 4.78 is 46.8. The van der Waals surface area contributed by atoms with Gasteiger partial charge in [-0.1, -0.05) is 24.3 Å². The van der Waals surface area contributed by atoms with Crippen molar-refractivity contribution in [3.05, 3.63) is 53.9 Å². The Balaban J connectivity index is 1.14. The molecule has 3 aromatic rings. The van der Waals surface area contributed by atoms with Crippen LogP contribution in [0, 0.1) is 17.8 Å². The van der Waals surface area contributed by atoms with Crippen LogP contribution in [0.2, 0.25) is 0 Å². The number of oxazole rings is 1. The van der Waals surface area contributed by atoms with Crippen LogP contribution in [0.1, 0.15) is 68.9 Å². The Morgan fingerprint density at radius 3 is 2.43 bits per heavy atom. The zero-order valence-electron chi connectivity index (χ0n) is 20.6. The molecule has 1 saturated heterocycles. The Morgan fingerprint density at radius 1 is 1.03 bits per heavy atom. The zero-order valence-corrected chi connectivity index (χ0v) is 20.6. The second kappa shape index (κ2) is 8.23. The lowest BCUT2D eigenvalue weighted by atomic mass is 9.53. The normalized spacial score (nSPS) is 30.8. The van der Waals surface area contributed by atoms with Gasteiger partial charge in [-0.3, -0.25) is 0 Å². The average Bonchev–Trinajstić information content (AvgIpc) is 3.49. The van der Waals surface area contributed by atoms with Gasteiger partial charge in [-0.05, 0) is 98.4 Å². The number of carbonyl (C=O) groups excluding carboxylic acids is 1. The molecule has 4 bridgehead atoms. The molecule has 2 amide bonds. The van der Waals surface area contributed by atoms with Crippen LogP contribution in [0.25, 0.3) is 22.2 Å². The molecule has 2 aromatic carbocycles. The molecule has 2 heterocycles. The molecule has 8 rings (SSSR count). The summed E-state index contributed by atoms with van der Waals surface area (Å²) in [6.45, 7) is 0.645. The van der Waals surface area contributed by atoms with E-state index in [9.17, 15) is 18.0 Å². The van der Waals surface area contributed by atoms with Gasteiger partial charge < -0.3 is 14.6 Å². The minimum absolute atomic E-state index is 0.0356. The van der Waals surface area contributed by atoms with E-state index in [0.29, 0.717) is 29.1 Å². The first-order chi connectivity index (χ1) is 17.8. The van der Waals surface area contributed by atoms with Crippen molar-refractivity contribution >= 4 is 17.1 Å². The number of hydrogen-bond acceptors (Lipinski definition) is 3. The summed E-state index contributed by atoms with van der Waals surface area (Å²) in [4.78, 5) is 20.1. The molecule has 0 unspecified atom stereocenters. The van der Waals surface area contributed by atoms with E-state index in [0.717, 1.165) is 55.9 Å². The highest BCUT2D eigenvalue weighted by Crippen LogP contribution is 2.55. The van der Waals surface area contributed by atoms with Gasteiger partial charge in [0.2, 0.25) is 5.89 Å². The molecule has 4 saturated carbocycles. The third-order valence-electron chi connectivity index (χ3n) is 9.16. The number of urea groups is 1. The van der Waals surface area contributed by atoms with Crippen molar-refractivity contribution in [1.29, 1.82) is 0 Å². The number of hydrogen-bond donors (Lipinski definition) is 1. The number of fused-ring (bicyclic) bond motifs is 1. The summed E-state index contributed by atoms with van der Waals surface area (Å²) in [6.07, 6.45) is 4.40. The molecular formula is C29H30F3N3O2. The van der Waals surface area contributed by atoms with Gasteiger partial charge in [0.05, 0.1) is 5.56 Å². The molecule has 5 nitrogen and oxygen atoms in total. The number of carbonyl (C=O) groups is 1. The Bertz CT molecular complexity index is 1330. The monoisotopic (exact) mass is 509 g/mol. The largest absolute Gasteiger partial charge is 0.438 e. The van der Waals surface area contributed by atoms with Crippen molar-refractivity contribution in [2.75, 3.05) is 6.54 Å². The molecule has 1 aliphatic heterocycles. The Hall–Kier alpha value is -3.03. The number of rotatable bonds is 3. The fourth-order valence-electron chi connectivity index (χ4n) is 8.07. The van der Waals surface area contributed by atoms with Crippen molar-refractivity contribution in [2.24, 2.45) is 17.8 Å². The van der Waals surface area contributed by atoms with Crippen LogP contribution in [0.5, 0.6) is 0 Å². The Kier molecular flexibility index (Phi) is 5.14. The van der Waals surface area contributed by atoms with Crippen LogP contribution in [-0.4, -0.2) is 28.0 Å². The van der Waals surface area contributed by atoms with Gasteiger partial charge >= 0.3 is 12.2 Å². The molecule has 5 fully saturated rings. The molecule has 4 aliphatic carbocycles. The summed E-state index contributed by atoms with van der Waals surface area (Å²) in [5, 5.41) is 3.46. The highest BCUT2D eigenvalue weighted by molar-refractivity contribution is 5.82. The fraction of sp³-hybridized carbons (Fsp3) is 0.517. The predicted molar refractivity (Wildman–Crippen MR) is 133 cm³/mol. The van der Waals surface area contributed by atoms with Gasteiger partial charge in [0.25, 0.3) is 0 Å². The van der Waals surface area contributed by atoms with E-state index in [1.54, 1.807) is 24.3 Å². The minimum Gasteiger partial charge on any atom is -0.438 e. The van der Waals surface area contributed by atoms with Crippen LogP contribution < -0.4 is 5.32 Å². The van der Waals surface area contributed by atoms with E-state index in [1.165, 1.54) is 31.4 Å². The topological polar surface area (TPSA) is 58.4 Å². The van der Waals surface area contributed by atoms with Crippen molar-refractivity contribution in [3.8, 4) is 11.1 Å². The highest BCUT2D eigenvalue weighted by atomic mass is 19.4. The molecule has 8 heteroatoms. The number of aromatic nitrogens is 1. The van der Waals surface area contributed by atoms with Gasteiger partial charge in [0, 0.05) is 12.1 Å². The Morgan fingerprint density at radius 2 is 1.73 bits per heavy atom. The molecule has 1 atom stereocenters. The van der Waals surface area contributed by atoms with Crippen LogP contribution in [0.4, 0.5) is 18.0 Å². The van der Waals surface area contributed by atoms with Crippen LogP contribution >= 0.6 is 0 Å². The smallest absolute Gasteiger partial charge is 0.417 e. The zero-order chi connectivity index (χ0) is 25.4. The highest BCUT2D eigenvalue weighted by Gasteiger charge is 2.52. The molecule has 5 aliphatic rings. The van der Waals surface area contributed by atoms with E-state index < -0.39 is 11.7 Å². The van der Waals surface area contributed by atoms with E-state index in [2.05, 4.69) is 10.3 Å². The first kappa shape index (κ1) is 23.1. The molecule has 1 aromatic heterocycles. The standard InChI is InChI=1S/C29H30F3N3O2/c30-29(31,32)22-5-2-1-4-21(22)20-7-8-25-23(13-20)33-26(37-25)24-6-3-9-35(24)27(36)34-28-14-17-10-18(15-28)12-19(11-17)16-28/h1-2,4-5,7-8,13,17-19,24H,3,6,9-12,14-16H2,(H,34,36)/t17?,18?,19?,24-,28?/m1/s1. The fourth-order valence-corrected chi connectivity index (χ4v) is 8.07. The number of nitrogens with zero attached hydrogens (tertiary/aromatic N) is 2. The van der Waals surface area contributed by atoms with Crippen LogP contribution in [0.3, 0.4) is 0 Å². The molecular weight excluding hydrogens is 479 g/mol. The van der Waals surface area contributed by atoms with E-state index in [4.69, 9.17) is 4.42 Å². The van der Waals surface area contributed by atoms with Crippen molar-refractivity contribution in [2.45, 2.75) is 69.1 Å². The van der Waals surface area contributed by atoms with Gasteiger partial charge in [0.1, 0.15) is 11.6 Å². The lowest BCUT2D eigenvalue weighted by Gasteiger charge is -2.57. The van der Waals surface area contributed by atoms with Crippen molar-refractivity contribution in [3.63, 3.8) is 0 Å². The van der Waals surface area contributed by atoms with Crippen molar-refractivity contribution < 1.29 is 22.4 Å². The van der Waals surface area contributed by atoms with Crippen LogP contribution in [0.15, 0.2) is 46.9 Å². The third-order valence-corrected chi connectivity index (χ3v) is 9.16. The van der Waals surface area contributed by atoms with E-state index in [1.807, 2.05) is 4.90 Å². The summed E-state index contributed by atoms with van der Waals surface area (Å²) in [5.41, 5.74) is 0.805. The van der Waals surface area contributed by atoms with Gasteiger partial charge in [-0.25, -0.2) is 9.78 Å².